The molecule has 6 nitrogen and oxygen atoms in total. The van der Waals surface area contributed by atoms with Crippen LogP contribution in [-0.2, 0) is 33.9 Å². The van der Waals surface area contributed by atoms with E-state index in [1.165, 1.54) is 7.11 Å². The zero-order valence-corrected chi connectivity index (χ0v) is 14.0. The molecule has 1 aromatic carbocycles. The number of carbonyl (C=O) groups is 1. The molecule has 2 aromatic rings. The summed E-state index contributed by atoms with van der Waals surface area (Å²) in [6.45, 7) is 0.944. The summed E-state index contributed by atoms with van der Waals surface area (Å²) in [5, 5.41) is 3.00. The maximum atomic E-state index is 11.3. The van der Waals surface area contributed by atoms with Crippen molar-refractivity contribution in [2.75, 3.05) is 19.5 Å². The first-order valence-corrected chi connectivity index (χ1v) is 7.75. The largest absolute Gasteiger partial charge is 0.468 e. The van der Waals surface area contributed by atoms with E-state index in [1.54, 1.807) is 0 Å². The molecule has 0 bridgehead atoms. The van der Waals surface area contributed by atoms with Crippen molar-refractivity contribution >= 4 is 11.8 Å². The highest BCUT2D eigenvalue weighted by Crippen LogP contribution is 2.10. The van der Waals surface area contributed by atoms with Crippen molar-refractivity contribution in [3.63, 3.8) is 0 Å². The van der Waals surface area contributed by atoms with Crippen molar-refractivity contribution in [2.24, 2.45) is 5.73 Å². The Morgan fingerprint density at radius 2 is 1.88 bits per heavy atom. The highest BCUT2D eigenvalue weighted by atomic mass is 16.5. The minimum atomic E-state index is -0.636. The van der Waals surface area contributed by atoms with Crippen LogP contribution < -0.4 is 11.1 Å². The van der Waals surface area contributed by atoms with Gasteiger partial charge in [-0.15, -0.1) is 0 Å². The van der Waals surface area contributed by atoms with Gasteiger partial charge >= 0.3 is 5.97 Å². The number of carbonyl (C=O) groups excluding carboxylic acids is 1. The third-order valence-corrected chi connectivity index (χ3v) is 3.56. The first-order chi connectivity index (χ1) is 11.6. The molecule has 1 aromatic heterocycles. The van der Waals surface area contributed by atoms with Crippen molar-refractivity contribution in [2.45, 2.75) is 25.7 Å². The lowest BCUT2D eigenvalue weighted by Crippen LogP contribution is -2.33. The second kappa shape index (κ2) is 9.00. The van der Waals surface area contributed by atoms with E-state index in [0.717, 1.165) is 22.6 Å². The number of methoxy groups -OCH3 is 1. The Kier molecular flexibility index (Phi) is 6.72. The molecule has 0 saturated carbocycles. The number of rotatable bonds is 8. The van der Waals surface area contributed by atoms with Gasteiger partial charge in [0, 0.05) is 7.05 Å². The molecule has 3 N–H and O–H groups in total. The molecule has 0 unspecified atom stereocenters. The summed E-state index contributed by atoms with van der Waals surface area (Å²) in [7, 11) is 3.17. The Morgan fingerprint density at radius 3 is 2.54 bits per heavy atom. The van der Waals surface area contributed by atoms with Crippen LogP contribution in [0.15, 0.2) is 42.5 Å². The Balaban J connectivity index is 1.82. The van der Waals surface area contributed by atoms with Crippen molar-refractivity contribution in [3.05, 3.63) is 59.3 Å². The van der Waals surface area contributed by atoms with E-state index in [4.69, 9.17) is 10.5 Å². The number of aromatic nitrogens is 1. The minimum absolute atomic E-state index is 0.404. The van der Waals surface area contributed by atoms with Gasteiger partial charge in [-0.2, -0.15) is 0 Å². The van der Waals surface area contributed by atoms with Gasteiger partial charge in [-0.3, -0.25) is 4.79 Å². The number of esters is 1. The zero-order chi connectivity index (χ0) is 17.4. The van der Waals surface area contributed by atoms with Gasteiger partial charge in [-0.05, 0) is 29.7 Å². The highest BCUT2D eigenvalue weighted by Gasteiger charge is 2.13. The number of nitrogens with two attached hydrogens (primary N) is 1. The second-order valence-corrected chi connectivity index (χ2v) is 5.41. The van der Waals surface area contributed by atoms with Crippen LogP contribution in [0.1, 0.15) is 16.8 Å². The second-order valence-electron chi connectivity index (χ2n) is 5.41. The summed E-state index contributed by atoms with van der Waals surface area (Å²) in [5.74, 6) is 0.418. The third-order valence-electron chi connectivity index (χ3n) is 3.56. The number of nitrogens with one attached hydrogen (secondary N) is 1. The van der Waals surface area contributed by atoms with Crippen LogP contribution in [0, 0.1) is 0 Å². The molecule has 128 valence electrons. The van der Waals surface area contributed by atoms with E-state index in [1.807, 2.05) is 49.5 Å². The number of anilines is 1. The Morgan fingerprint density at radius 1 is 1.17 bits per heavy atom. The molecule has 0 saturated heterocycles. The van der Waals surface area contributed by atoms with Crippen LogP contribution >= 0.6 is 0 Å². The average Bonchev–Trinajstić information content (AvgIpc) is 2.62. The summed E-state index contributed by atoms with van der Waals surface area (Å²) in [4.78, 5) is 15.7. The number of nitrogens with zero attached hydrogens (tertiary/aromatic N) is 1. The van der Waals surface area contributed by atoms with Gasteiger partial charge in [0.2, 0.25) is 0 Å². The van der Waals surface area contributed by atoms with E-state index in [2.05, 4.69) is 15.0 Å². The molecular formula is C18H23N3O3. The standard InChI is InChI=1S/C18H23N3O3/c1-20-17-5-3-4-15(21-17)12-24-11-14-8-6-13(7-9-14)10-16(19)18(22)23-2/h3-9,16H,10-12,19H2,1-2H3,(H,20,21)/t16-/m0/s1. The molecule has 24 heavy (non-hydrogen) atoms. The Labute approximate surface area is 142 Å². The van der Waals surface area contributed by atoms with Crippen molar-refractivity contribution in [1.29, 1.82) is 0 Å². The molecule has 0 amide bonds. The molecule has 0 fully saturated rings. The van der Waals surface area contributed by atoms with Crippen LogP contribution in [0.25, 0.3) is 0 Å². The van der Waals surface area contributed by atoms with E-state index in [9.17, 15) is 4.79 Å². The quantitative estimate of drug-likeness (QED) is 0.719. The van der Waals surface area contributed by atoms with Crippen molar-refractivity contribution in [3.8, 4) is 0 Å². The van der Waals surface area contributed by atoms with Gasteiger partial charge in [0.05, 0.1) is 26.0 Å². The highest BCUT2D eigenvalue weighted by molar-refractivity contribution is 5.75. The van der Waals surface area contributed by atoms with Crippen LogP contribution in [0.5, 0.6) is 0 Å². The molecule has 2 rings (SSSR count). The predicted molar refractivity (Wildman–Crippen MR) is 92.4 cm³/mol. The van der Waals surface area contributed by atoms with Gasteiger partial charge in [0.25, 0.3) is 0 Å². The smallest absolute Gasteiger partial charge is 0.322 e. The van der Waals surface area contributed by atoms with E-state index < -0.39 is 12.0 Å². The van der Waals surface area contributed by atoms with Gasteiger partial charge in [-0.25, -0.2) is 4.98 Å². The fourth-order valence-corrected chi connectivity index (χ4v) is 2.23. The van der Waals surface area contributed by atoms with Gasteiger partial charge in [0.1, 0.15) is 11.9 Å². The Bertz CT molecular complexity index is 659. The number of ether oxygens (including phenoxy) is 2. The van der Waals surface area contributed by atoms with Crippen molar-refractivity contribution < 1.29 is 14.3 Å². The van der Waals surface area contributed by atoms with Crippen LogP contribution in [0.2, 0.25) is 0 Å². The third kappa shape index (κ3) is 5.33. The summed E-state index contributed by atoms with van der Waals surface area (Å²) in [5.41, 5.74) is 8.67. The lowest BCUT2D eigenvalue weighted by atomic mass is 10.1. The minimum Gasteiger partial charge on any atom is -0.468 e. The first kappa shape index (κ1) is 17.9. The summed E-state index contributed by atoms with van der Waals surface area (Å²) in [6, 6.07) is 13.0. The molecular weight excluding hydrogens is 306 g/mol. The number of pyridine rings is 1. The monoisotopic (exact) mass is 329 g/mol. The predicted octanol–water partition coefficient (Wildman–Crippen LogP) is 1.88. The Hall–Kier alpha value is -2.44. The first-order valence-electron chi connectivity index (χ1n) is 7.75. The fraction of sp³-hybridized carbons (Fsp3) is 0.333. The lowest BCUT2D eigenvalue weighted by Gasteiger charge is -2.10. The molecule has 0 aliphatic rings. The molecule has 0 aliphatic heterocycles. The summed E-state index contributed by atoms with van der Waals surface area (Å²) < 4.78 is 10.3. The van der Waals surface area contributed by atoms with E-state index >= 15 is 0 Å². The topological polar surface area (TPSA) is 86.5 Å². The zero-order valence-electron chi connectivity index (χ0n) is 14.0. The van der Waals surface area contributed by atoms with Gasteiger partial charge < -0.3 is 20.5 Å². The molecule has 0 aliphatic carbocycles. The molecule has 0 radical (unpaired) electrons. The van der Waals surface area contributed by atoms with Gasteiger partial charge in [-0.1, -0.05) is 30.3 Å². The van der Waals surface area contributed by atoms with Gasteiger partial charge in [0.15, 0.2) is 0 Å². The average molecular weight is 329 g/mol. The summed E-state index contributed by atoms with van der Waals surface area (Å²) in [6.07, 6.45) is 0.453. The fourth-order valence-electron chi connectivity index (χ4n) is 2.23. The summed E-state index contributed by atoms with van der Waals surface area (Å²) >= 11 is 0. The molecule has 1 atom stereocenters. The lowest BCUT2D eigenvalue weighted by molar-refractivity contribution is -0.142. The number of hydrogen-bond donors (Lipinski definition) is 2. The molecule has 6 heteroatoms. The van der Waals surface area contributed by atoms with Crippen LogP contribution in [0.4, 0.5) is 5.82 Å². The van der Waals surface area contributed by atoms with Crippen LogP contribution in [-0.4, -0.2) is 31.2 Å². The molecule has 0 spiro atoms. The number of benzene rings is 1. The maximum absolute atomic E-state index is 11.3. The molecule has 1 heterocycles. The van der Waals surface area contributed by atoms with E-state index in [-0.39, 0.29) is 0 Å². The normalized spacial score (nSPS) is 11.8. The number of hydrogen-bond acceptors (Lipinski definition) is 6. The van der Waals surface area contributed by atoms with Crippen molar-refractivity contribution in [1.82, 2.24) is 4.98 Å². The van der Waals surface area contributed by atoms with Crippen LogP contribution in [0.3, 0.4) is 0 Å². The van der Waals surface area contributed by atoms with E-state index in [0.29, 0.717) is 19.6 Å². The maximum Gasteiger partial charge on any atom is 0.322 e. The SMILES string of the molecule is CNc1cccc(COCc2ccc(C[C@H](N)C(=O)OC)cc2)n1.